The summed E-state index contributed by atoms with van der Waals surface area (Å²) in [6, 6.07) is 0. The fourth-order valence-corrected chi connectivity index (χ4v) is 2.57. The van der Waals surface area contributed by atoms with E-state index >= 15 is 0 Å². The van der Waals surface area contributed by atoms with E-state index in [1.165, 1.54) is 0 Å². The lowest BCUT2D eigenvalue weighted by Gasteiger charge is -1.88. The monoisotopic (exact) mass is 282 g/mol. The first-order chi connectivity index (χ1) is 4.74. The number of nitrogens with one attached hydrogen (secondary N) is 2. The molecule has 0 aliphatic carbocycles. The van der Waals surface area contributed by atoms with Crippen molar-refractivity contribution in [2.24, 2.45) is 0 Å². The second kappa shape index (κ2) is 3.67. The Morgan fingerprint density at radius 2 is 2.30 bits per heavy atom. The van der Waals surface area contributed by atoms with E-state index in [1.54, 1.807) is 0 Å². The van der Waals surface area contributed by atoms with E-state index < -0.39 is 0 Å². The van der Waals surface area contributed by atoms with Crippen LogP contribution in [0.4, 0.5) is 0 Å². The van der Waals surface area contributed by atoms with E-state index in [2.05, 4.69) is 30.9 Å². The molecule has 0 radical (unpaired) electrons. The molecule has 52 valence electrons. The summed E-state index contributed by atoms with van der Waals surface area (Å²) in [5.41, 5.74) is 0.617. The lowest BCUT2D eigenvalue weighted by molar-refractivity contribution is -0.115. The van der Waals surface area contributed by atoms with Gasteiger partial charge in [-0.2, -0.15) is 0 Å². The minimum absolute atomic E-state index is 0.103. The molecule has 1 amide bonds. The molecule has 0 bridgehead atoms. The van der Waals surface area contributed by atoms with E-state index in [0.29, 0.717) is 10.8 Å². The summed E-state index contributed by atoms with van der Waals surface area (Å²) in [7, 11) is 0. The topological polar surface area (TPSA) is 41.1 Å². The van der Waals surface area contributed by atoms with Crippen molar-refractivity contribution in [2.75, 3.05) is 0 Å². The smallest absolute Gasteiger partial charge is 0.329 e. The Morgan fingerprint density at radius 1 is 1.60 bits per heavy atom. The van der Waals surface area contributed by atoms with Crippen molar-refractivity contribution in [2.45, 2.75) is 0 Å². The van der Waals surface area contributed by atoms with Gasteiger partial charge in [-0.25, -0.2) is 20.3 Å². The van der Waals surface area contributed by atoms with Crippen LogP contribution in [0.2, 0.25) is 0 Å². The number of carbonyl (C=O) groups excluding carboxylic acids is 1. The van der Waals surface area contributed by atoms with Gasteiger partial charge in [0.15, 0.2) is 5.11 Å². The normalized spacial score (nSPS) is 20.7. The summed E-state index contributed by atoms with van der Waals surface area (Å²) in [6.07, 6.45) is 0. The Balaban J connectivity index is 2.72. The van der Waals surface area contributed by atoms with Crippen molar-refractivity contribution >= 4 is 55.4 Å². The molecule has 1 aliphatic heterocycles. The van der Waals surface area contributed by atoms with E-state index in [0.717, 1.165) is 0 Å². The molecule has 1 saturated heterocycles. The van der Waals surface area contributed by atoms with Crippen LogP contribution in [0, 0.1) is 0 Å². The summed E-state index contributed by atoms with van der Waals surface area (Å²) in [4.78, 5) is 12.8. The van der Waals surface area contributed by atoms with E-state index in [1.807, 2.05) is 4.94 Å². The van der Waals surface area contributed by atoms with Crippen molar-refractivity contribution in [3.8, 4) is 0 Å². The van der Waals surface area contributed by atoms with Gasteiger partial charge in [-0.05, 0) is 12.2 Å². The molecule has 1 fully saturated rings. The number of halogens is 1. The summed E-state index contributed by atoms with van der Waals surface area (Å²) in [5, 5.41) is 5.66. The molecule has 0 spiro atoms. The van der Waals surface area contributed by atoms with Crippen molar-refractivity contribution in [1.82, 2.24) is 10.6 Å². The Bertz CT molecular complexity index is 217. The molecular formula is C4H4AlIN2OS. The molecular weight excluding hydrogens is 278 g/mol. The maximum atomic E-state index is 10.9. The summed E-state index contributed by atoms with van der Waals surface area (Å²) >= 11 is 6.76. The maximum Gasteiger partial charge on any atom is 0.369 e. The average molecular weight is 282 g/mol. The third-order valence-corrected chi connectivity index (χ3v) is 3.09. The minimum atomic E-state index is -0.245. The number of carbonyl (C=O) groups is 1. The fourth-order valence-electron chi connectivity index (χ4n) is 0.602. The lowest BCUT2D eigenvalue weighted by Crippen LogP contribution is -2.21. The third-order valence-electron chi connectivity index (χ3n) is 1.00. The third kappa shape index (κ3) is 1.92. The van der Waals surface area contributed by atoms with Crippen molar-refractivity contribution < 1.29 is 4.79 Å². The van der Waals surface area contributed by atoms with Gasteiger partial charge < -0.3 is 5.32 Å². The van der Waals surface area contributed by atoms with Gasteiger partial charge in [0.25, 0.3) is 5.91 Å². The van der Waals surface area contributed by atoms with Crippen LogP contribution in [0.3, 0.4) is 0 Å². The van der Waals surface area contributed by atoms with Crippen LogP contribution in [0.5, 0.6) is 0 Å². The predicted molar refractivity (Wildman–Crippen MR) is 53.1 cm³/mol. The SMILES string of the molecule is O=C1NC(=S)N/C1=[CH]\[AlH][I]. The van der Waals surface area contributed by atoms with Crippen LogP contribution in [-0.2, 0) is 4.79 Å². The van der Waals surface area contributed by atoms with Crippen LogP contribution in [0.15, 0.2) is 10.6 Å². The van der Waals surface area contributed by atoms with Crippen molar-refractivity contribution in [3.05, 3.63) is 10.6 Å². The molecule has 6 heteroatoms. The van der Waals surface area contributed by atoms with Gasteiger partial charge >= 0.3 is 11.9 Å². The van der Waals surface area contributed by atoms with Gasteiger partial charge in [-0.1, -0.05) is 0 Å². The standard InChI is InChI=1S/C4H3N2OS.Al.HI.H/c1-2-3(7)6-4(8)5-2;;;/h1H,(H2,5,6,7,8);;1H;/q;+1;;/p-1. The van der Waals surface area contributed by atoms with Gasteiger partial charge in [0.05, 0.1) is 5.70 Å². The van der Waals surface area contributed by atoms with Crippen molar-refractivity contribution in [3.63, 3.8) is 0 Å². The molecule has 1 heterocycles. The van der Waals surface area contributed by atoms with E-state index in [9.17, 15) is 4.79 Å². The van der Waals surface area contributed by atoms with Crippen molar-refractivity contribution in [1.29, 1.82) is 0 Å². The molecule has 0 saturated carbocycles. The Morgan fingerprint density at radius 3 is 2.70 bits per heavy atom. The fraction of sp³-hybridized carbons (Fsp3) is 0. The van der Waals surface area contributed by atoms with Gasteiger partial charge in [-0.3, -0.25) is 10.1 Å². The molecule has 0 unspecified atom stereocenters. The van der Waals surface area contributed by atoms with Gasteiger partial charge in [0.2, 0.25) is 0 Å². The number of amides is 1. The largest absolute Gasteiger partial charge is 0.369 e. The molecule has 3 nitrogen and oxygen atoms in total. The quantitative estimate of drug-likeness (QED) is 0.298. The molecule has 1 aliphatic rings. The van der Waals surface area contributed by atoms with E-state index in [-0.39, 0.29) is 17.8 Å². The highest BCUT2D eigenvalue weighted by Crippen LogP contribution is 1.97. The van der Waals surface area contributed by atoms with Crippen LogP contribution in [-0.4, -0.2) is 23.0 Å². The lowest BCUT2D eigenvalue weighted by atomic mass is 10.5. The van der Waals surface area contributed by atoms with Crippen LogP contribution < -0.4 is 10.6 Å². The zero-order chi connectivity index (χ0) is 7.56. The zero-order valence-corrected chi connectivity index (χ0v) is 9.37. The molecule has 10 heavy (non-hydrogen) atoms. The number of thiocarbonyl (C=S) groups is 1. The summed E-state index contributed by atoms with van der Waals surface area (Å²) in [6.45, 7) is 0. The Hall–Kier alpha value is 0.362. The maximum absolute atomic E-state index is 10.9. The molecule has 1 rings (SSSR count). The number of hydrogen-bond acceptors (Lipinski definition) is 2. The first kappa shape index (κ1) is 8.46. The minimum Gasteiger partial charge on any atom is -0.329 e. The zero-order valence-electron chi connectivity index (χ0n) is 4.98. The molecule has 2 N–H and O–H groups in total. The predicted octanol–water partition coefficient (Wildman–Crippen LogP) is -0.381. The van der Waals surface area contributed by atoms with Gasteiger partial charge in [0, 0.05) is 0 Å². The van der Waals surface area contributed by atoms with Crippen LogP contribution >= 0.6 is 32.5 Å². The first-order valence-corrected chi connectivity index (χ1v) is 8.96. The highest BCUT2D eigenvalue weighted by atomic mass is 127. The second-order valence-electron chi connectivity index (χ2n) is 1.68. The summed E-state index contributed by atoms with van der Waals surface area (Å²) < 4.78 is 0. The molecule has 0 aromatic rings. The Labute approximate surface area is 81.0 Å². The second-order valence-corrected chi connectivity index (χ2v) is 5.45. The highest BCUT2D eigenvalue weighted by molar-refractivity contribution is 14.1. The number of hydrogen-bond donors (Lipinski definition) is 2. The highest BCUT2D eigenvalue weighted by Gasteiger charge is 2.18. The van der Waals surface area contributed by atoms with Crippen LogP contribution in [0.25, 0.3) is 0 Å². The summed E-state index contributed by atoms with van der Waals surface area (Å²) in [5.74, 6) is -0.103. The molecule has 0 atom stereocenters. The molecule has 0 aromatic carbocycles. The van der Waals surface area contributed by atoms with E-state index in [4.69, 9.17) is 12.2 Å². The number of rotatable bonds is 1. The molecule has 0 aromatic heterocycles. The van der Waals surface area contributed by atoms with Gasteiger partial charge in [0.1, 0.15) is 0 Å². The van der Waals surface area contributed by atoms with Crippen LogP contribution in [0.1, 0.15) is 0 Å². The Kier molecular flexibility index (Phi) is 3.10. The first-order valence-electron chi connectivity index (χ1n) is 2.62. The average Bonchev–Trinajstić information content (AvgIpc) is 2.13. The van der Waals surface area contributed by atoms with Gasteiger partial charge in [-0.15, -0.1) is 4.94 Å².